The quantitative estimate of drug-likeness (QED) is 0.600. The highest BCUT2D eigenvalue weighted by Gasteiger charge is 2.10. The molecule has 0 saturated carbocycles. The zero-order chi connectivity index (χ0) is 14.8. The highest BCUT2D eigenvalue weighted by atomic mass is 16.5. The molecular weight excluding hydrogens is 248 g/mol. The van der Waals surface area contributed by atoms with Gasteiger partial charge in [0.2, 0.25) is 0 Å². The van der Waals surface area contributed by atoms with Gasteiger partial charge < -0.3 is 4.74 Å². The van der Waals surface area contributed by atoms with Gasteiger partial charge in [0.25, 0.3) is 0 Å². The third kappa shape index (κ3) is 6.05. The third-order valence-electron chi connectivity index (χ3n) is 3.46. The average molecular weight is 274 g/mol. The lowest BCUT2D eigenvalue weighted by Crippen LogP contribution is -2.06. The molecule has 0 saturated heterocycles. The van der Waals surface area contributed by atoms with Crippen LogP contribution in [0.1, 0.15) is 51.5 Å². The number of carbonyl (C=O) groups excluding carboxylic acids is 1. The molecule has 0 aliphatic carbocycles. The predicted octanol–water partition coefficient (Wildman–Crippen LogP) is 4.88. The molecule has 0 heterocycles. The van der Waals surface area contributed by atoms with Gasteiger partial charge in [-0.05, 0) is 29.7 Å². The van der Waals surface area contributed by atoms with E-state index < -0.39 is 0 Å². The second-order valence-electron chi connectivity index (χ2n) is 5.22. The Labute approximate surface area is 122 Å². The van der Waals surface area contributed by atoms with Gasteiger partial charge in [-0.3, -0.25) is 4.79 Å². The summed E-state index contributed by atoms with van der Waals surface area (Å²) in [6.45, 7) is 4.36. The molecule has 20 heavy (non-hydrogen) atoms. The monoisotopic (exact) mass is 274 g/mol. The average Bonchev–Trinajstić information content (AvgIpc) is 2.46. The number of methoxy groups -OCH3 is 1. The molecule has 1 rings (SSSR count). The summed E-state index contributed by atoms with van der Waals surface area (Å²) in [5.41, 5.74) is 1.03. The number of carbonyl (C=O) groups is 1. The molecule has 1 aromatic rings. The van der Waals surface area contributed by atoms with E-state index in [-0.39, 0.29) is 5.78 Å². The summed E-state index contributed by atoms with van der Waals surface area (Å²) >= 11 is 0. The van der Waals surface area contributed by atoms with Gasteiger partial charge >= 0.3 is 0 Å². The van der Waals surface area contributed by atoms with Gasteiger partial charge in [-0.15, -0.1) is 0 Å². The maximum absolute atomic E-state index is 12.0. The first-order valence-corrected chi connectivity index (χ1v) is 7.54. The van der Waals surface area contributed by atoms with Crippen LogP contribution in [0.2, 0.25) is 0 Å². The van der Waals surface area contributed by atoms with E-state index in [4.69, 9.17) is 4.74 Å². The Bertz CT molecular complexity index is 412. The molecule has 0 unspecified atom stereocenters. The molecule has 110 valence electrons. The molecule has 0 amide bonds. The topological polar surface area (TPSA) is 26.3 Å². The van der Waals surface area contributed by atoms with Crippen LogP contribution < -0.4 is 4.74 Å². The van der Waals surface area contributed by atoms with Gasteiger partial charge in [-0.25, -0.2) is 0 Å². The van der Waals surface area contributed by atoms with Crippen LogP contribution in [-0.2, 0) is 4.79 Å². The molecule has 0 radical (unpaired) electrons. The number of hydrogen-bond donors (Lipinski definition) is 0. The molecular formula is C18H26O2. The Kier molecular flexibility index (Phi) is 7.71. The van der Waals surface area contributed by atoms with Crippen LogP contribution in [0, 0.1) is 5.92 Å². The fourth-order valence-corrected chi connectivity index (χ4v) is 2.42. The van der Waals surface area contributed by atoms with E-state index in [1.165, 1.54) is 0 Å². The Hall–Kier alpha value is -1.57. The minimum atomic E-state index is 0.229. The van der Waals surface area contributed by atoms with E-state index in [9.17, 15) is 4.79 Å². The van der Waals surface area contributed by atoms with Crippen LogP contribution >= 0.6 is 0 Å². The number of benzene rings is 1. The van der Waals surface area contributed by atoms with Crippen LogP contribution in [0.3, 0.4) is 0 Å². The minimum absolute atomic E-state index is 0.229. The van der Waals surface area contributed by atoms with E-state index >= 15 is 0 Å². The lowest BCUT2D eigenvalue weighted by molar-refractivity contribution is -0.115. The lowest BCUT2D eigenvalue weighted by atomic mass is 9.92. The molecule has 0 atom stereocenters. The first-order chi connectivity index (χ1) is 9.69. The second kappa shape index (κ2) is 9.35. The van der Waals surface area contributed by atoms with Gasteiger partial charge in [0.1, 0.15) is 5.75 Å². The van der Waals surface area contributed by atoms with Crippen LogP contribution in [0.5, 0.6) is 5.75 Å². The summed E-state index contributed by atoms with van der Waals surface area (Å²) < 4.78 is 5.11. The Morgan fingerprint density at radius 3 is 2.25 bits per heavy atom. The van der Waals surface area contributed by atoms with Crippen molar-refractivity contribution in [1.29, 1.82) is 0 Å². The first kappa shape index (κ1) is 16.5. The molecule has 1 aromatic carbocycles. The van der Waals surface area contributed by atoms with E-state index in [2.05, 4.69) is 13.8 Å². The summed E-state index contributed by atoms with van der Waals surface area (Å²) in [5, 5.41) is 0. The smallest absolute Gasteiger partial charge is 0.155 e. The van der Waals surface area contributed by atoms with Gasteiger partial charge in [-0.2, -0.15) is 0 Å². The summed E-state index contributed by atoms with van der Waals surface area (Å²) in [5.74, 6) is 1.60. The SMILES string of the molecule is CCCC(CCC)CC(=O)/C=C/c1ccc(OC)cc1. The summed E-state index contributed by atoms with van der Waals surface area (Å²) in [7, 11) is 1.65. The van der Waals surface area contributed by atoms with Crippen molar-refractivity contribution in [2.45, 2.75) is 46.0 Å². The van der Waals surface area contributed by atoms with Crippen molar-refractivity contribution < 1.29 is 9.53 Å². The van der Waals surface area contributed by atoms with Crippen LogP contribution in [0.15, 0.2) is 30.3 Å². The van der Waals surface area contributed by atoms with Crippen molar-refractivity contribution >= 4 is 11.9 Å². The van der Waals surface area contributed by atoms with E-state index in [0.29, 0.717) is 12.3 Å². The molecule has 0 spiro atoms. The number of hydrogen-bond acceptors (Lipinski definition) is 2. The molecule has 0 N–H and O–H groups in total. The van der Waals surface area contributed by atoms with Crippen LogP contribution in [0.25, 0.3) is 6.08 Å². The highest BCUT2D eigenvalue weighted by Crippen LogP contribution is 2.18. The molecule has 0 bridgehead atoms. The molecule has 0 aliphatic rings. The van der Waals surface area contributed by atoms with Gasteiger partial charge in [0, 0.05) is 6.42 Å². The van der Waals surface area contributed by atoms with E-state index in [0.717, 1.165) is 37.0 Å². The zero-order valence-corrected chi connectivity index (χ0v) is 12.9. The fraction of sp³-hybridized carbons (Fsp3) is 0.500. The highest BCUT2D eigenvalue weighted by molar-refractivity contribution is 5.93. The van der Waals surface area contributed by atoms with E-state index in [1.54, 1.807) is 13.2 Å². The van der Waals surface area contributed by atoms with Gasteiger partial charge in [-0.1, -0.05) is 57.7 Å². The van der Waals surface area contributed by atoms with Crippen molar-refractivity contribution in [3.63, 3.8) is 0 Å². The fourth-order valence-electron chi connectivity index (χ4n) is 2.42. The molecule has 2 nitrogen and oxygen atoms in total. The second-order valence-corrected chi connectivity index (χ2v) is 5.22. The van der Waals surface area contributed by atoms with Gasteiger partial charge in [0.15, 0.2) is 5.78 Å². The summed E-state index contributed by atoms with van der Waals surface area (Å²) in [6, 6.07) is 7.72. The van der Waals surface area contributed by atoms with Crippen molar-refractivity contribution in [2.24, 2.45) is 5.92 Å². The Morgan fingerprint density at radius 1 is 1.15 bits per heavy atom. The normalized spacial score (nSPS) is 11.2. The molecule has 0 aliphatic heterocycles. The largest absolute Gasteiger partial charge is 0.497 e. The lowest BCUT2D eigenvalue weighted by Gasteiger charge is -2.12. The van der Waals surface area contributed by atoms with Crippen molar-refractivity contribution in [3.8, 4) is 5.75 Å². The number of ether oxygens (including phenoxy) is 1. The maximum atomic E-state index is 12.0. The minimum Gasteiger partial charge on any atom is -0.497 e. The Morgan fingerprint density at radius 2 is 1.75 bits per heavy atom. The molecule has 0 fully saturated rings. The van der Waals surface area contributed by atoms with Crippen molar-refractivity contribution in [2.75, 3.05) is 7.11 Å². The Balaban J connectivity index is 2.52. The standard InChI is InChI=1S/C18H26O2/c1-4-6-16(7-5-2)14-17(19)11-8-15-9-12-18(20-3)13-10-15/h8-13,16H,4-7,14H2,1-3H3/b11-8+. The van der Waals surface area contributed by atoms with Gasteiger partial charge in [0.05, 0.1) is 7.11 Å². The zero-order valence-electron chi connectivity index (χ0n) is 12.9. The maximum Gasteiger partial charge on any atom is 0.155 e. The van der Waals surface area contributed by atoms with E-state index in [1.807, 2.05) is 30.3 Å². The summed E-state index contributed by atoms with van der Waals surface area (Å²) in [4.78, 5) is 12.0. The first-order valence-electron chi connectivity index (χ1n) is 7.54. The summed E-state index contributed by atoms with van der Waals surface area (Å²) in [6.07, 6.45) is 8.87. The van der Waals surface area contributed by atoms with Crippen molar-refractivity contribution in [1.82, 2.24) is 0 Å². The molecule has 0 aromatic heterocycles. The number of rotatable bonds is 9. The molecule has 2 heteroatoms. The van der Waals surface area contributed by atoms with Crippen LogP contribution in [0.4, 0.5) is 0 Å². The third-order valence-corrected chi connectivity index (χ3v) is 3.46. The van der Waals surface area contributed by atoms with Crippen LogP contribution in [-0.4, -0.2) is 12.9 Å². The predicted molar refractivity (Wildman–Crippen MR) is 85.0 cm³/mol. The number of allylic oxidation sites excluding steroid dienone is 1. The van der Waals surface area contributed by atoms with Crippen molar-refractivity contribution in [3.05, 3.63) is 35.9 Å². The number of ketones is 1.